The van der Waals surface area contributed by atoms with Crippen LogP contribution in [0.2, 0.25) is 0 Å². The van der Waals surface area contributed by atoms with Crippen LogP contribution < -0.4 is 10.1 Å². The Morgan fingerprint density at radius 3 is 2.04 bits per heavy atom. The molecule has 3 aromatic carbocycles. The first-order chi connectivity index (χ1) is 26.6. The molecule has 1 fully saturated rings. The Morgan fingerprint density at radius 2 is 1.45 bits per heavy atom. The van der Waals surface area contributed by atoms with E-state index in [-0.39, 0.29) is 24.8 Å². The van der Waals surface area contributed by atoms with Gasteiger partial charge in [-0.05, 0) is 73.6 Å². The molecule has 5 rings (SSSR count). The number of likely N-dealkylation sites (tertiary alicyclic amines) is 1. The average Bonchev–Trinajstić information content (AvgIpc) is 3.59. The summed E-state index contributed by atoms with van der Waals surface area (Å²) >= 11 is 0. The molecule has 0 bridgehead atoms. The number of carbonyl (C=O) groups is 3. The number of carboxylic acids is 1. The lowest BCUT2D eigenvalue weighted by Gasteiger charge is -2.28. The van der Waals surface area contributed by atoms with E-state index >= 15 is 0 Å². The van der Waals surface area contributed by atoms with Crippen LogP contribution in [-0.4, -0.2) is 74.7 Å². The molecule has 0 unspecified atom stereocenters. The van der Waals surface area contributed by atoms with Crippen molar-refractivity contribution < 1.29 is 29.0 Å². The summed E-state index contributed by atoms with van der Waals surface area (Å²) in [6, 6.07) is 20.7. The molecule has 56 heavy (non-hydrogen) atoms. The molecule has 4 aromatic rings. The minimum absolute atomic E-state index is 0.0886. The normalized spacial score (nSPS) is 16.4. The molecule has 1 aromatic heterocycles. The van der Waals surface area contributed by atoms with Gasteiger partial charge in [-0.1, -0.05) is 102 Å². The van der Waals surface area contributed by atoms with Gasteiger partial charge < -0.3 is 24.8 Å². The number of benzene rings is 3. The number of carboxylic acid groups (broad SMARTS) is 1. The first-order valence-electron chi connectivity index (χ1n) is 19.9. The first kappa shape index (κ1) is 42.1. The molecule has 1 saturated heterocycles. The molecule has 1 aliphatic rings. The van der Waals surface area contributed by atoms with Gasteiger partial charge in [0, 0.05) is 48.5 Å². The Balaban J connectivity index is 1.29. The average molecular weight is 763 g/mol. The van der Waals surface area contributed by atoms with Crippen LogP contribution in [0.25, 0.3) is 22.5 Å². The van der Waals surface area contributed by atoms with Crippen molar-refractivity contribution in [3.05, 3.63) is 102 Å². The maximum atomic E-state index is 14.2. The molecular weight excluding hydrogens is 705 g/mol. The first-order valence-corrected chi connectivity index (χ1v) is 19.9. The number of hydrogen-bond acceptors (Lipinski definition) is 7. The number of ether oxygens (including phenoxy) is 2. The van der Waals surface area contributed by atoms with Crippen LogP contribution in [0.15, 0.2) is 85.2 Å². The molecule has 0 spiro atoms. The van der Waals surface area contributed by atoms with E-state index in [4.69, 9.17) is 9.47 Å². The molecule has 1 aliphatic heterocycles. The smallest absolute Gasteiger partial charge is 0.326 e. The minimum Gasteiger partial charge on any atom is -0.494 e. The van der Waals surface area contributed by atoms with Gasteiger partial charge in [0.25, 0.3) is 5.91 Å². The monoisotopic (exact) mass is 762 g/mol. The summed E-state index contributed by atoms with van der Waals surface area (Å²) in [5.74, 6) is -0.592. The fourth-order valence-electron chi connectivity index (χ4n) is 6.91. The van der Waals surface area contributed by atoms with Gasteiger partial charge in [0.15, 0.2) is 5.82 Å². The van der Waals surface area contributed by atoms with E-state index in [9.17, 15) is 19.5 Å². The van der Waals surface area contributed by atoms with Crippen molar-refractivity contribution in [2.75, 3.05) is 13.2 Å². The molecule has 10 heteroatoms. The molecule has 2 N–H and O–H groups in total. The lowest BCUT2D eigenvalue weighted by molar-refractivity contribution is -0.148. The number of aliphatic carboxylic acids is 1. The summed E-state index contributed by atoms with van der Waals surface area (Å²) in [6.45, 7) is 15.0. The molecule has 0 saturated carbocycles. The zero-order chi connectivity index (χ0) is 40.5. The largest absolute Gasteiger partial charge is 0.494 e. The number of amides is 2. The van der Waals surface area contributed by atoms with Crippen molar-refractivity contribution in [3.63, 3.8) is 0 Å². The SMILES string of the molecule is CCCCCCCOc1ccc(-c2cnc(-c3ccc(C[C@H](NC(=O)c4ccc(C(C)(C)C)cc4)C(=O)N4C[C@H](OC(C)(C)C)C[C@H]4C(=O)O)cc3)nc2)cc1. The van der Waals surface area contributed by atoms with Crippen LogP contribution in [0.4, 0.5) is 0 Å². The van der Waals surface area contributed by atoms with E-state index in [1.165, 1.54) is 30.6 Å². The molecule has 0 aliphatic carbocycles. The third-order valence-electron chi connectivity index (χ3n) is 9.98. The predicted molar refractivity (Wildman–Crippen MR) is 220 cm³/mol. The topological polar surface area (TPSA) is 131 Å². The zero-order valence-corrected chi connectivity index (χ0v) is 34.0. The highest BCUT2D eigenvalue weighted by atomic mass is 16.5. The highest BCUT2D eigenvalue weighted by Gasteiger charge is 2.43. The third kappa shape index (κ3) is 11.7. The lowest BCUT2D eigenvalue weighted by Crippen LogP contribution is -2.52. The van der Waals surface area contributed by atoms with Crippen LogP contribution in [0.3, 0.4) is 0 Å². The van der Waals surface area contributed by atoms with E-state index in [0.717, 1.165) is 40.0 Å². The molecule has 2 heterocycles. The fourth-order valence-corrected chi connectivity index (χ4v) is 6.91. The van der Waals surface area contributed by atoms with E-state index in [0.29, 0.717) is 18.0 Å². The molecule has 2 amide bonds. The second-order valence-electron chi connectivity index (χ2n) is 16.8. The van der Waals surface area contributed by atoms with E-state index in [1.54, 1.807) is 24.5 Å². The summed E-state index contributed by atoms with van der Waals surface area (Å²) in [4.78, 5) is 50.8. The second kappa shape index (κ2) is 18.7. The summed E-state index contributed by atoms with van der Waals surface area (Å²) < 4.78 is 12.0. The van der Waals surface area contributed by atoms with Gasteiger partial charge >= 0.3 is 5.97 Å². The Kier molecular flexibility index (Phi) is 14.0. The van der Waals surface area contributed by atoms with Crippen LogP contribution in [-0.2, 0) is 26.2 Å². The van der Waals surface area contributed by atoms with E-state index < -0.39 is 41.6 Å². The molecule has 0 radical (unpaired) electrons. The van der Waals surface area contributed by atoms with Crippen LogP contribution in [0, 0.1) is 0 Å². The quantitative estimate of drug-likeness (QED) is 0.109. The van der Waals surface area contributed by atoms with Crippen molar-refractivity contribution in [3.8, 4) is 28.3 Å². The number of hydrogen-bond donors (Lipinski definition) is 2. The summed E-state index contributed by atoms with van der Waals surface area (Å²) in [7, 11) is 0. The standard InChI is InChI=1S/C46H58N4O6/c1-8-9-10-11-12-25-55-37-23-19-32(20-24-37)35-28-47-41(48-29-35)33-15-13-31(14-16-33)26-39(49-42(51)34-17-21-36(22-18-34)45(2,3)4)43(52)50-30-38(56-46(5,6)7)27-40(50)44(53)54/h13-24,28-29,38-40H,8-12,25-27,30H2,1-7H3,(H,49,51)(H,53,54)/t38-,39+,40+/m1/s1. The van der Waals surface area contributed by atoms with Crippen molar-refractivity contribution in [1.82, 2.24) is 20.2 Å². The highest BCUT2D eigenvalue weighted by molar-refractivity contribution is 5.98. The Hall–Kier alpha value is -5.09. The summed E-state index contributed by atoms with van der Waals surface area (Å²) in [6.07, 6.45) is 9.45. The van der Waals surface area contributed by atoms with Crippen LogP contribution >= 0.6 is 0 Å². The Labute approximate surface area is 332 Å². The van der Waals surface area contributed by atoms with Crippen molar-refractivity contribution in [2.24, 2.45) is 0 Å². The van der Waals surface area contributed by atoms with Crippen molar-refractivity contribution >= 4 is 17.8 Å². The lowest BCUT2D eigenvalue weighted by atomic mass is 9.86. The number of rotatable bonds is 16. The number of nitrogens with one attached hydrogen (secondary N) is 1. The summed E-state index contributed by atoms with van der Waals surface area (Å²) in [5.41, 5.74) is 4.34. The predicted octanol–water partition coefficient (Wildman–Crippen LogP) is 8.67. The molecule has 298 valence electrons. The van der Waals surface area contributed by atoms with Gasteiger partial charge in [-0.25, -0.2) is 14.8 Å². The third-order valence-corrected chi connectivity index (χ3v) is 9.98. The van der Waals surface area contributed by atoms with Crippen LogP contribution in [0.1, 0.15) is 108 Å². The maximum absolute atomic E-state index is 14.2. The second-order valence-corrected chi connectivity index (χ2v) is 16.8. The number of aromatic nitrogens is 2. The highest BCUT2D eigenvalue weighted by Crippen LogP contribution is 2.28. The van der Waals surface area contributed by atoms with Gasteiger partial charge in [-0.2, -0.15) is 0 Å². The maximum Gasteiger partial charge on any atom is 0.326 e. The van der Waals surface area contributed by atoms with E-state index in [2.05, 4.69) is 43.0 Å². The zero-order valence-electron chi connectivity index (χ0n) is 34.0. The van der Waals surface area contributed by atoms with Gasteiger partial charge in [0.05, 0.1) is 18.3 Å². The van der Waals surface area contributed by atoms with Gasteiger partial charge in [-0.15, -0.1) is 0 Å². The molecular formula is C46H58N4O6. The summed E-state index contributed by atoms with van der Waals surface area (Å²) in [5, 5.41) is 13.0. The molecule has 3 atom stereocenters. The Bertz CT molecular complexity index is 1900. The number of carbonyl (C=O) groups excluding carboxylic acids is 2. The number of nitrogens with zero attached hydrogens (tertiary/aromatic N) is 3. The van der Waals surface area contributed by atoms with Crippen molar-refractivity contribution in [1.29, 1.82) is 0 Å². The van der Waals surface area contributed by atoms with Crippen LogP contribution in [0.5, 0.6) is 5.75 Å². The number of unbranched alkanes of at least 4 members (excludes halogenated alkanes) is 4. The Morgan fingerprint density at radius 1 is 0.821 bits per heavy atom. The van der Waals surface area contributed by atoms with Gasteiger partial charge in [-0.3, -0.25) is 9.59 Å². The van der Waals surface area contributed by atoms with E-state index in [1.807, 2.05) is 81.4 Å². The van der Waals surface area contributed by atoms with Gasteiger partial charge in [0.1, 0.15) is 17.8 Å². The minimum atomic E-state index is -1.11. The fraction of sp³-hybridized carbons (Fsp3) is 0.457. The van der Waals surface area contributed by atoms with Crippen molar-refractivity contribution in [2.45, 2.75) is 123 Å². The van der Waals surface area contributed by atoms with Gasteiger partial charge in [0.2, 0.25) is 5.91 Å². The molecule has 10 nitrogen and oxygen atoms in total.